The van der Waals surface area contributed by atoms with Crippen LogP contribution < -0.4 is 10.6 Å². The number of aromatic nitrogens is 1. The molecule has 3 heterocycles. The summed E-state index contributed by atoms with van der Waals surface area (Å²) in [7, 11) is 1.81. The van der Waals surface area contributed by atoms with Gasteiger partial charge in [-0.3, -0.25) is 9.89 Å². The number of thiophene rings is 1. The van der Waals surface area contributed by atoms with E-state index in [1.54, 1.807) is 24.6 Å². The number of guanidine groups is 1. The molecule has 0 radical (unpaired) electrons. The average Bonchev–Trinajstić information content (AvgIpc) is 3.45. The molecule has 0 amide bonds. The minimum Gasteiger partial charge on any atom is -0.443 e. The molecule has 1 saturated heterocycles. The first-order valence-electron chi connectivity index (χ1n) is 10.0. The van der Waals surface area contributed by atoms with Crippen molar-refractivity contribution in [3.05, 3.63) is 65.4 Å². The van der Waals surface area contributed by atoms with Gasteiger partial charge in [0.25, 0.3) is 0 Å². The third kappa shape index (κ3) is 5.46. The van der Waals surface area contributed by atoms with Gasteiger partial charge in [-0.15, -0.1) is 11.3 Å². The molecule has 4 rings (SSSR count). The van der Waals surface area contributed by atoms with Crippen LogP contribution in [0.25, 0.3) is 10.8 Å². The van der Waals surface area contributed by atoms with Gasteiger partial charge in [-0.2, -0.15) is 0 Å². The molecule has 7 heteroatoms. The average molecular weight is 410 g/mol. The first kappa shape index (κ1) is 19.7. The van der Waals surface area contributed by atoms with Crippen molar-refractivity contribution >= 4 is 17.3 Å². The lowest BCUT2D eigenvalue weighted by molar-refractivity contribution is 0.198. The number of likely N-dealkylation sites (tertiary alicyclic amines) is 1. The van der Waals surface area contributed by atoms with Gasteiger partial charge in [-0.25, -0.2) is 4.98 Å². The fourth-order valence-electron chi connectivity index (χ4n) is 3.54. The number of piperidine rings is 1. The highest BCUT2D eigenvalue weighted by atomic mass is 32.1. The Morgan fingerprint density at radius 1 is 1.21 bits per heavy atom. The quantitative estimate of drug-likeness (QED) is 0.480. The summed E-state index contributed by atoms with van der Waals surface area (Å²) in [5.41, 5.74) is 2.25. The van der Waals surface area contributed by atoms with E-state index in [2.05, 4.69) is 55.8 Å². The Labute approximate surface area is 175 Å². The Balaban J connectivity index is 1.22. The molecule has 0 aliphatic carbocycles. The number of nitrogens with zero attached hydrogens (tertiary/aromatic N) is 3. The molecule has 0 bridgehead atoms. The summed E-state index contributed by atoms with van der Waals surface area (Å²) in [6.07, 6.45) is 3.93. The molecule has 1 aliphatic rings. The number of benzene rings is 1. The van der Waals surface area contributed by atoms with E-state index in [4.69, 9.17) is 4.42 Å². The Kier molecular flexibility index (Phi) is 6.59. The highest BCUT2D eigenvalue weighted by Crippen LogP contribution is 2.23. The van der Waals surface area contributed by atoms with Crippen molar-refractivity contribution in [1.29, 1.82) is 0 Å². The number of hydrogen-bond acceptors (Lipinski definition) is 5. The van der Waals surface area contributed by atoms with Crippen molar-refractivity contribution in [2.45, 2.75) is 32.0 Å². The molecule has 0 spiro atoms. The fraction of sp³-hybridized carbons (Fsp3) is 0.364. The van der Waals surface area contributed by atoms with Crippen molar-refractivity contribution in [2.24, 2.45) is 4.99 Å². The minimum absolute atomic E-state index is 0.437. The molecule has 2 N–H and O–H groups in total. The molecule has 29 heavy (non-hydrogen) atoms. The third-order valence-corrected chi connectivity index (χ3v) is 5.98. The highest BCUT2D eigenvalue weighted by Gasteiger charge is 2.20. The smallest absolute Gasteiger partial charge is 0.236 e. The molecular weight excluding hydrogens is 382 g/mol. The van der Waals surface area contributed by atoms with Gasteiger partial charge in [0.05, 0.1) is 17.1 Å². The zero-order valence-electron chi connectivity index (χ0n) is 16.7. The summed E-state index contributed by atoms with van der Waals surface area (Å²) in [5, 5.41) is 8.92. The summed E-state index contributed by atoms with van der Waals surface area (Å²) in [5.74, 6) is 1.48. The molecule has 1 fully saturated rings. The Hall–Kier alpha value is -2.64. The van der Waals surface area contributed by atoms with Crippen LogP contribution in [0.4, 0.5) is 0 Å². The van der Waals surface area contributed by atoms with E-state index in [0.717, 1.165) is 49.0 Å². The maximum absolute atomic E-state index is 5.58. The van der Waals surface area contributed by atoms with Crippen LogP contribution in [0.1, 0.15) is 24.1 Å². The molecule has 1 aliphatic heterocycles. The fourth-order valence-corrected chi connectivity index (χ4v) is 4.20. The maximum Gasteiger partial charge on any atom is 0.236 e. The summed E-state index contributed by atoms with van der Waals surface area (Å²) < 4.78 is 5.58. The van der Waals surface area contributed by atoms with Gasteiger partial charge in [0.1, 0.15) is 6.26 Å². The zero-order chi connectivity index (χ0) is 19.9. The normalized spacial score (nSPS) is 16.1. The molecule has 0 saturated carbocycles. The number of hydrogen-bond donors (Lipinski definition) is 2. The van der Waals surface area contributed by atoms with Gasteiger partial charge >= 0.3 is 0 Å². The van der Waals surface area contributed by atoms with Gasteiger partial charge in [0.15, 0.2) is 5.96 Å². The highest BCUT2D eigenvalue weighted by molar-refractivity contribution is 7.13. The third-order valence-electron chi connectivity index (χ3n) is 5.12. The van der Waals surface area contributed by atoms with Gasteiger partial charge in [0.2, 0.25) is 5.89 Å². The van der Waals surface area contributed by atoms with Crippen molar-refractivity contribution in [3.63, 3.8) is 0 Å². The predicted molar refractivity (Wildman–Crippen MR) is 118 cm³/mol. The molecule has 2 aromatic heterocycles. The second-order valence-electron chi connectivity index (χ2n) is 7.23. The first-order valence-corrected chi connectivity index (χ1v) is 10.9. The second kappa shape index (κ2) is 9.71. The predicted octanol–water partition coefficient (Wildman–Crippen LogP) is 3.73. The molecule has 3 aromatic rings. The lowest BCUT2D eigenvalue weighted by Crippen LogP contribution is -2.48. The lowest BCUT2D eigenvalue weighted by atomic mass is 10.0. The minimum atomic E-state index is 0.437. The SMILES string of the molecule is CN=C(NCc1coc(-c2cccs2)n1)NC1CCN(Cc2ccccc2)CC1. The van der Waals surface area contributed by atoms with Gasteiger partial charge < -0.3 is 15.1 Å². The van der Waals surface area contributed by atoms with E-state index in [1.807, 2.05) is 17.5 Å². The van der Waals surface area contributed by atoms with E-state index >= 15 is 0 Å². The zero-order valence-corrected chi connectivity index (χ0v) is 17.5. The lowest BCUT2D eigenvalue weighted by Gasteiger charge is -2.33. The standard InChI is InChI=1S/C22H27N5OS/c1-23-22(24-14-19-16-28-21(25-19)20-8-5-13-29-20)26-18-9-11-27(12-10-18)15-17-6-3-2-4-7-17/h2-8,13,16,18H,9-12,14-15H2,1H3,(H2,23,24,26). The Morgan fingerprint density at radius 3 is 2.76 bits per heavy atom. The van der Waals surface area contributed by atoms with Gasteiger partial charge in [-0.1, -0.05) is 36.4 Å². The number of rotatable bonds is 6. The first-order chi connectivity index (χ1) is 14.3. The number of oxazole rings is 1. The number of aliphatic imine (C=N–C) groups is 1. The van der Waals surface area contributed by atoms with E-state index in [0.29, 0.717) is 18.5 Å². The largest absolute Gasteiger partial charge is 0.443 e. The van der Waals surface area contributed by atoms with Gasteiger partial charge in [0, 0.05) is 32.7 Å². The van der Waals surface area contributed by atoms with Crippen LogP contribution >= 0.6 is 11.3 Å². The Morgan fingerprint density at radius 2 is 2.03 bits per heavy atom. The second-order valence-corrected chi connectivity index (χ2v) is 8.18. The molecule has 0 atom stereocenters. The van der Waals surface area contributed by atoms with Crippen LogP contribution in [0.3, 0.4) is 0 Å². The van der Waals surface area contributed by atoms with E-state index < -0.39 is 0 Å². The molecule has 152 valence electrons. The summed E-state index contributed by atoms with van der Waals surface area (Å²) in [4.78, 5) is 12.5. The van der Waals surface area contributed by atoms with Gasteiger partial charge in [-0.05, 0) is 29.9 Å². The van der Waals surface area contributed by atoms with Crippen molar-refractivity contribution in [3.8, 4) is 10.8 Å². The van der Waals surface area contributed by atoms with Crippen LogP contribution in [-0.2, 0) is 13.1 Å². The number of nitrogens with one attached hydrogen (secondary N) is 2. The van der Waals surface area contributed by atoms with Crippen molar-refractivity contribution < 1.29 is 4.42 Å². The van der Waals surface area contributed by atoms with Crippen LogP contribution in [0.2, 0.25) is 0 Å². The molecular formula is C22H27N5OS. The summed E-state index contributed by atoms with van der Waals surface area (Å²) in [6, 6.07) is 15.1. The summed E-state index contributed by atoms with van der Waals surface area (Å²) in [6.45, 7) is 3.80. The van der Waals surface area contributed by atoms with Crippen LogP contribution in [0.5, 0.6) is 0 Å². The van der Waals surface area contributed by atoms with E-state index in [9.17, 15) is 0 Å². The molecule has 1 aromatic carbocycles. The Bertz CT molecular complexity index is 898. The summed E-state index contributed by atoms with van der Waals surface area (Å²) >= 11 is 1.63. The topological polar surface area (TPSA) is 65.7 Å². The van der Waals surface area contributed by atoms with Crippen LogP contribution in [0, 0.1) is 0 Å². The van der Waals surface area contributed by atoms with E-state index in [-0.39, 0.29) is 0 Å². The van der Waals surface area contributed by atoms with E-state index in [1.165, 1.54) is 5.56 Å². The van der Waals surface area contributed by atoms with Crippen molar-refractivity contribution in [2.75, 3.05) is 20.1 Å². The molecule has 6 nitrogen and oxygen atoms in total. The van der Waals surface area contributed by atoms with Crippen LogP contribution in [-0.4, -0.2) is 42.0 Å². The molecule has 0 unspecified atom stereocenters. The monoisotopic (exact) mass is 409 g/mol. The van der Waals surface area contributed by atoms with Crippen LogP contribution in [0.15, 0.2) is 63.5 Å². The maximum atomic E-state index is 5.58. The van der Waals surface area contributed by atoms with Crippen molar-refractivity contribution in [1.82, 2.24) is 20.5 Å².